The van der Waals surface area contributed by atoms with Crippen LogP contribution in [0.5, 0.6) is 0 Å². The van der Waals surface area contributed by atoms with Gasteiger partial charge in [0.05, 0.1) is 6.42 Å². The normalized spacial score (nSPS) is 10.9. The van der Waals surface area contributed by atoms with Crippen molar-refractivity contribution < 1.29 is 18.3 Å². The Labute approximate surface area is 70.2 Å². The van der Waals surface area contributed by atoms with E-state index in [1.165, 1.54) is 0 Å². The minimum Gasteiger partial charge on any atom is -0.398 e. The van der Waals surface area contributed by atoms with Crippen LogP contribution in [0.15, 0.2) is 12.7 Å². The van der Waals surface area contributed by atoms with Crippen molar-refractivity contribution in [2.45, 2.75) is 32.3 Å². The van der Waals surface area contributed by atoms with Crippen molar-refractivity contribution in [1.82, 2.24) is 0 Å². The molecule has 0 unspecified atom stereocenters. The molecule has 0 aromatic heterocycles. The van der Waals surface area contributed by atoms with E-state index < -0.39 is 18.5 Å². The molecule has 0 bridgehead atoms. The number of halogens is 2. The van der Waals surface area contributed by atoms with E-state index in [0.717, 1.165) is 6.08 Å². The van der Waals surface area contributed by atoms with E-state index in [1.807, 2.05) is 0 Å². The van der Waals surface area contributed by atoms with Gasteiger partial charge in [0.25, 0.3) is 0 Å². The summed E-state index contributed by atoms with van der Waals surface area (Å²) in [6, 6.07) is 0. The van der Waals surface area contributed by atoms with Crippen LogP contribution in [-0.2, 0) is 9.53 Å². The van der Waals surface area contributed by atoms with Crippen LogP contribution in [0.25, 0.3) is 0 Å². The van der Waals surface area contributed by atoms with Gasteiger partial charge in [-0.05, 0) is 6.42 Å². The van der Waals surface area contributed by atoms with Gasteiger partial charge in [0.1, 0.15) is 0 Å². The van der Waals surface area contributed by atoms with E-state index in [0.29, 0.717) is 12.8 Å². The highest BCUT2D eigenvalue weighted by Gasteiger charge is 2.31. The van der Waals surface area contributed by atoms with Crippen molar-refractivity contribution in [3.63, 3.8) is 0 Å². The van der Waals surface area contributed by atoms with Crippen LogP contribution in [0.1, 0.15) is 26.2 Å². The molecule has 0 aliphatic heterocycles. The zero-order chi connectivity index (χ0) is 9.61. The molecule has 70 valence electrons. The maximum Gasteiger partial charge on any atom is 0.400 e. The molecule has 0 saturated carbocycles. The lowest BCUT2D eigenvalue weighted by Crippen LogP contribution is -2.23. The van der Waals surface area contributed by atoms with Gasteiger partial charge in [-0.3, -0.25) is 0 Å². The Morgan fingerprint density at radius 1 is 1.67 bits per heavy atom. The van der Waals surface area contributed by atoms with Crippen LogP contribution in [0.3, 0.4) is 0 Å². The quantitative estimate of drug-likeness (QED) is 0.477. The topological polar surface area (TPSA) is 26.3 Å². The Morgan fingerprint density at radius 2 is 2.25 bits per heavy atom. The summed E-state index contributed by atoms with van der Waals surface area (Å²) in [6.07, 6.45) is -2.08. The number of carbonyl (C=O) groups is 1. The van der Waals surface area contributed by atoms with Crippen LogP contribution in [0, 0.1) is 0 Å². The van der Waals surface area contributed by atoms with Gasteiger partial charge in [0, 0.05) is 6.08 Å². The first-order valence-electron chi connectivity index (χ1n) is 3.75. The maximum absolute atomic E-state index is 12.6. The second-order valence-electron chi connectivity index (χ2n) is 2.37. The molecule has 0 saturated heterocycles. The third-order valence-corrected chi connectivity index (χ3v) is 1.24. The lowest BCUT2D eigenvalue weighted by Gasteiger charge is -2.14. The van der Waals surface area contributed by atoms with Crippen molar-refractivity contribution in [2.24, 2.45) is 0 Å². The molecule has 4 heteroatoms. The summed E-state index contributed by atoms with van der Waals surface area (Å²) in [5.41, 5.74) is 0. The van der Waals surface area contributed by atoms with Crippen LogP contribution in [-0.4, -0.2) is 12.1 Å². The molecule has 0 amide bonds. The SMILES string of the molecule is C=CC(=O)OC(F)(F)CCCC. The predicted octanol–water partition coefficient (Wildman–Crippen LogP) is 2.50. The molecular formula is C8H12F2O2. The van der Waals surface area contributed by atoms with Gasteiger partial charge in [0.2, 0.25) is 0 Å². The van der Waals surface area contributed by atoms with Crippen molar-refractivity contribution in [3.8, 4) is 0 Å². The molecule has 0 fully saturated rings. The molecule has 0 heterocycles. The fourth-order valence-corrected chi connectivity index (χ4v) is 0.622. The van der Waals surface area contributed by atoms with Gasteiger partial charge in [-0.1, -0.05) is 19.9 Å². The molecule has 0 radical (unpaired) electrons. The fraction of sp³-hybridized carbons (Fsp3) is 0.625. The number of hydrogen-bond donors (Lipinski definition) is 0. The summed E-state index contributed by atoms with van der Waals surface area (Å²) in [6.45, 7) is 4.80. The Bertz CT molecular complexity index is 166. The van der Waals surface area contributed by atoms with Gasteiger partial charge >= 0.3 is 12.1 Å². The monoisotopic (exact) mass is 178 g/mol. The number of ether oxygens (including phenoxy) is 1. The molecular weight excluding hydrogens is 166 g/mol. The number of esters is 1. The van der Waals surface area contributed by atoms with Crippen LogP contribution >= 0.6 is 0 Å². The lowest BCUT2D eigenvalue weighted by molar-refractivity contribution is -0.231. The standard InChI is InChI=1S/C8H12F2O2/c1-3-5-6-8(9,10)12-7(11)4-2/h4H,2-3,5-6H2,1H3. The summed E-state index contributed by atoms with van der Waals surface area (Å²) in [5, 5.41) is 0. The molecule has 0 aromatic carbocycles. The number of carbonyl (C=O) groups excluding carboxylic acids is 1. The van der Waals surface area contributed by atoms with E-state index in [2.05, 4.69) is 11.3 Å². The highest BCUT2D eigenvalue weighted by atomic mass is 19.3. The zero-order valence-corrected chi connectivity index (χ0v) is 6.98. The van der Waals surface area contributed by atoms with Crippen LogP contribution in [0.4, 0.5) is 8.78 Å². The highest BCUT2D eigenvalue weighted by Crippen LogP contribution is 2.22. The Hall–Kier alpha value is -0.930. The van der Waals surface area contributed by atoms with Crippen LogP contribution in [0.2, 0.25) is 0 Å². The van der Waals surface area contributed by atoms with Crippen LogP contribution < -0.4 is 0 Å². The molecule has 0 rings (SSSR count). The Balaban J connectivity index is 3.85. The van der Waals surface area contributed by atoms with Crippen molar-refractivity contribution in [1.29, 1.82) is 0 Å². The molecule has 0 spiro atoms. The summed E-state index contributed by atoms with van der Waals surface area (Å²) in [4.78, 5) is 10.4. The van der Waals surface area contributed by atoms with E-state index in [9.17, 15) is 13.6 Å². The second kappa shape index (κ2) is 4.85. The lowest BCUT2D eigenvalue weighted by atomic mass is 10.2. The third-order valence-electron chi connectivity index (χ3n) is 1.24. The Morgan fingerprint density at radius 3 is 2.67 bits per heavy atom. The summed E-state index contributed by atoms with van der Waals surface area (Å²) < 4.78 is 28.9. The largest absolute Gasteiger partial charge is 0.400 e. The number of hydrogen-bond acceptors (Lipinski definition) is 2. The minimum absolute atomic E-state index is 0.331. The van der Waals surface area contributed by atoms with Crippen molar-refractivity contribution >= 4 is 5.97 Å². The predicted molar refractivity (Wildman–Crippen MR) is 40.8 cm³/mol. The Kier molecular flexibility index (Phi) is 4.47. The molecule has 0 aliphatic rings. The van der Waals surface area contributed by atoms with Gasteiger partial charge in [-0.2, -0.15) is 8.78 Å². The molecule has 0 aliphatic carbocycles. The fourth-order valence-electron chi connectivity index (χ4n) is 0.622. The molecule has 0 N–H and O–H groups in total. The van der Waals surface area contributed by atoms with Gasteiger partial charge in [0.15, 0.2) is 0 Å². The molecule has 2 nitrogen and oxygen atoms in total. The minimum atomic E-state index is -3.35. The molecule has 0 aromatic rings. The first-order chi connectivity index (χ1) is 5.52. The summed E-state index contributed by atoms with van der Waals surface area (Å²) in [7, 11) is 0. The van der Waals surface area contributed by atoms with Crippen molar-refractivity contribution in [3.05, 3.63) is 12.7 Å². The number of unbranched alkanes of at least 4 members (excludes halogenated alkanes) is 1. The van der Waals surface area contributed by atoms with Gasteiger partial charge in [-0.15, -0.1) is 0 Å². The van der Waals surface area contributed by atoms with Gasteiger partial charge < -0.3 is 4.74 Å². The maximum atomic E-state index is 12.6. The van der Waals surface area contributed by atoms with Gasteiger partial charge in [-0.25, -0.2) is 4.79 Å². The summed E-state index contributed by atoms with van der Waals surface area (Å²) >= 11 is 0. The average molecular weight is 178 g/mol. The second-order valence-corrected chi connectivity index (χ2v) is 2.37. The smallest absolute Gasteiger partial charge is 0.398 e. The van der Waals surface area contributed by atoms with Crippen molar-refractivity contribution in [2.75, 3.05) is 0 Å². The van der Waals surface area contributed by atoms with E-state index in [-0.39, 0.29) is 0 Å². The third kappa shape index (κ3) is 4.82. The summed E-state index contributed by atoms with van der Waals surface area (Å²) in [5.74, 6) is -1.09. The molecule has 12 heavy (non-hydrogen) atoms. The molecule has 0 atom stereocenters. The average Bonchev–Trinajstić information content (AvgIpc) is 2.00. The van der Waals surface area contributed by atoms with E-state index in [1.54, 1.807) is 6.92 Å². The number of alkyl halides is 2. The highest BCUT2D eigenvalue weighted by molar-refractivity contribution is 5.81. The first-order valence-corrected chi connectivity index (χ1v) is 3.75. The van der Waals surface area contributed by atoms with E-state index >= 15 is 0 Å². The van der Waals surface area contributed by atoms with E-state index in [4.69, 9.17) is 0 Å². The first kappa shape index (κ1) is 11.1. The number of rotatable bonds is 5. The zero-order valence-electron chi connectivity index (χ0n) is 6.98.